The van der Waals surface area contributed by atoms with Crippen molar-refractivity contribution >= 4 is 12.1 Å². The fourth-order valence-electron chi connectivity index (χ4n) is 2.45. The Labute approximate surface area is 150 Å². The highest BCUT2D eigenvalue weighted by molar-refractivity contribution is 5.94. The van der Waals surface area contributed by atoms with E-state index in [1.54, 1.807) is 18.2 Å². The zero-order chi connectivity index (χ0) is 18.4. The molecule has 1 aromatic heterocycles. The van der Waals surface area contributed by atoms with Gasteiger partial charge < -0.3 is 5.11 Å². The van der Waals surface area contributed by atoms with Crippen molar-refractivity contribution in [2.24, 2.45) is 5.10 Å². The highest BCUT2D eigenvalue weighted by atomic mass is 16.3. The lowest BCUT2D eigenvalue weighted by molar-refractivity contribution is 0.0950. The van der Waals surface area contributed by atoms with Crippen molar-refractivity contribution in [3.63, 3.8) is 0 Å². The van der Waals surface area contributed by atoms with Gasteiger partial charge in [-0.1, -0.05) is 48.5 Å². The van der Waals surface area contributed by atoms with Gasteiger partial charge in [-0.05, 0) is 24.1 Å². The number of hydrazone groups is 1. The molecular weight excluding hydrogens is 328 g/mol. The summed E-state index contributed by atoms with van der Waals surface area (Å²) in [5.41, 5.74) is 5.56. The van der Waals surface area contributed by atoms with Crippen LogP contribution in [0.5, 0.6) is 5.75 Å². The summed E-state index contributed by atoms with van der Waals surface area (Å²) in [7, 11) is 0. The Morgan fingerprint density at radius 3 is 2.81 bits per heavy atom. The lowest BCUT2D eigenvalue weighted by Gasteiger charge is -2.04. The number of hydrogen-bond donors (Lipinski definition) is 3. The fraction of sp³-hybridized carbons (Fsp3) is 0.0500. The van der Waals surface area contributed by atoms with Gasteiger partial charge in [-0.15, -0.1) is 6.58 Å². The first-order chi connectivity index (χ1) is 12.7. The topological polar surface area (TPSA) is 90.4 Å². The third-order valence-electron chi connectivity index (χ3n) is 3.78. The number of carbonyl (C=O) groups excluding carboxylic acids is 1. The molecule has 0 aliphatic carbocycles. The normalized spacial score (nSPS) is 10.8. The molecule has 3 N–H and O–H groups in total. The number of benzene rings is 2. The van der Waals surface area contributed by atoms with Gasteiger partial charge in [0.05, 0.1) is 11.9 Å². The van der Waals surface area contributed by atoms with Crippen LogP contribution in [0.2, 0.25) is 0 Å². The number of rotatable bonds is 6. The number of phenols is 1. The van der Waals surface area contributed by atoms with Crippen LogP contribution in [0.1, 0.15) is 21.6 Å². The van der Waals surface area contributed by atoms with Crippen molar-refractivity contribution in [3.8, 4) is 17.0 Å². The first kappa shape index (κ1) is 17.2. The van der Waals surface area contributed by atoms with Crippen molar-refractivity contribution in [1.82, 2.24) is 15.6 Å². The molecule has 26 heavy (non-hydrogen) atoms. The number of amides is 1. The monoisotopic (exact) mass is 346 g/mol. The van der Waals surface area contributed by atoms with Gasteiger partial charge in [0.15, 0.2) is 0 Å². The van der Waals surface area contributed by atoms with E-state index >= 15 is 0 Å². The summed E-state index contributed by atoms with van der Waals surface area (Å²) < 4.78 is 0. The van der Waals surface area contributed by atoms with Crippen LogP contribution < -0.4 is 5.43 Å². The van der Waals surface area contributed by atoms with Gasteiger partial charge in [0.1, 0.15) is 11.4 Å². The molecule has 3 rings (SSSR count). The summed E-state index contributed by atoms with van der Waals surface area (Å²) in [5.74, 6) is -0.295. The number of H-pyrrole nitrogens is 1. The standard InChI is InChI=1S/C20H18N4O2/c1-2-7-15-10-6-11-16(19(15)25)13-21-24-20(26)18-12-17(22-23-18)14-8-4-3-5-9-14/h2-6,8-13,25H,1,7H2,(H,22,23)(H,24,26)/b21-13-. The van der Waals surface area contributed by atoms with Crippen LogP contribution in [0.15, 0.2) is 72.4 Å². The van der Waals surface area contributed by atoms with E-state index in [0.717, 1.165) is 11.1 Å². The second-order valence-corrected chi connectivity index (χ2v) is 5.58. The van der Waals surface area contributed by atoms with Crippen molar-refractivity contribution in [2.45, 2.75) is 6.42 Å². The number of nitrogens with one attached hydrogen (secondary N) is 2. The minimum absolute atomic E-state index is 0.123. The van der Waals surface area contributed by atoms with Crippen LogP contribution in [0.3, 0.4) is 0 Å². The summed E-state index contributed by atoms with van der Waals surface area (Å²) in [6.07, 6.45) is 3.66. The van der Waals surface area contributed by atoms with Gasteiger partial charge in [-0.3, -0.25) is 9.89 Å². The van der Waals surface area contributed by atoms with Crippen molar-refractivity contribution in [1.29, 1.82) is 0 Å². The van der Waals surface area contributed by atoms with Crippen LogP contribution in [-0.4, -0.2) is 27.4 Å². The van der Waals surface area contributed by atoms with Gasteiger partial charge in [0.25, 0.3) is 5.91 Å². The molecule has 0 spiro atoms. The van der Waals surface area contributed by atoms with Crippen LogP contribution in [0, 0.1) is 0 Å². The molecule has 1 amide bonds. The molecule has 0 aliphatic heterocycles. The summed E-state index contributed by atoms with van der Waals surface area (Å²) >= 11 is 0. The van der Waals surface area contributed by atoms with Crippen LogP contribution in [-0.2, 0) is 6.42 Å². The number of hydrogen-bond acceptors (Lipinski definition) is 4. The Morgan fingerprint density at radius 1 is 1.23 bits per heavy atom. The first-order valence-corrected chi connectivity index (χ1v) is 8.05. The van der Waals surface area contributed by atoms with Crippen LogP contribution >= 0.6 is 0 Å². The second kappa shape index (κ2) is 7.94. The van der Waals surface area contributed by atoms with Crippen molar-refractivity contribution in [2.75, 3.05) is 0 Å². The number of allylic oxidation sites excluding steroid dienone is 1. The zero-order valence-electron chi connectivity index (χ0n) is 14.0. The van der Waals surface area contributed by atoms with Gasteiger partial charge >= 0.3 is 0 Å². The molecule has 6 nitrogen and oxygen atoms in total. The minimum Gasteiger partial charge on any atom is -0.507 e. The molecule has 6 heteroatoms. The molecule has 0 atom stereocenters. The molecule has 0 saturated carbocycles. The minimum atomic E-state index is -0.419. The summed E-state index contributed by atoms with van der Waals surface area (Å²) in [4.78, 5) is 12.2. The number of nitrogens with zero attached hydrogens (tertiary/aromatic N) is 2. The number of aromatic amines is 1. The maximum atomic E-state index is 12.2. The quantitative estimate of drug-likeness (QED) is 0.363. The highest BCUT2D eigenvalue weighted by Crippen LogP contribution is 2.21. The molecule has 0 fully saturated rings. The molecule has 0 unspecified atom stereocenters. The average Bonchev–Trinajstić information content (AvgIpc) is 3.16. The number of aromatic nitrogens is 2. The molecule has 2 aromatic carbocycles. The molecule has 1 heterocycles. The molecule has 0 bridgehead atoms. The lowest BCUT2D eigenvalue weighted by atomic mass is 10.1. The molecule has 130 valence electrons. The van der Waals surface area contributed by atoms with Gasteiger partial charge in [0.2, 0.25) is 0 Å². The molecule has 0 aliphatic rings. The Bertz CT molecular complexity index is 945. The fourth-order valence-corrected chi connectivity index (χ4v) is 2.45. The highest BCUT2D eigenvalue weighted by Gasteiger charge is 2.10. The zero-order valence-corrected chi connectivity index (χ0v) is 14.0. The summed E-state index contributed by atoms with van der Waals surface area (Å²) in [6, 6.07) is 16.5. The second-order valence-electron chi connectivity index (χ2n) is 5.58. The first-order valence-electron chi connectivity index (χ1n) is 8.05. The van der Waals surface area contributed by atoms with E-state index in [1.807, 2.05) is 42.5 Å². The third-order valence-corrected chi connectivity index (χ3v) is 3.78. The molecule has 0 radical (unpaired) electrons. The van der Waals surface area contributed by atoms with Gasteiger partial charge in [-0.25, -0.2) is 5.43 Å². The van der Waals surface area contributed by atoms with Gasteiger partial charge in [-0.2, -0.15) is 10.2 Å². The van der Waals surface area contributed by atoms with Crippen molar-refractivity contribution < 1.29 is 9.90 Å². The van der Waals surface area contributed by atoms with E-state index in [2.05, 4.69) is 27.3 Å². The van der Waals surface area contributed by atoms with Crippen molar-refractivity contribution in [3.05, 3.63) is 84.1 Å². The summed E-state index contributed by atoms with van der Waals surface area (Å²) in [5, 5.41) is 20.9. The van der Waals surface area contributed by atoms with E-state index in [0.29, 0.717) is 23.4 Å². The van der Waals surface area contributed by atoms with Crippen LogP contribution in [0.25, 0.3) is 11.3 Å². The Kier molecular flexibility index (Phi) is 5.24. The Morgan fingerprint density at radius 2 is 2.04 bits per heavy atom. The van der Waals surface area contributed by atoms with E-state index in [4.69, 9.17) is 0 Å². The number of phenolic OH excluding ortho intramolecular Hbond substituents is 1. The van der Waals surface area contributed by atoms with E-state index in [1.165, 1.54) is 6.21 Å². The Hall–Kier alpha value is -3.67. The average molecular weight is 346 g/mol. The van der Waals surface area contributed by atoms with Crippen LogP contribution in [0.4, 0.5) is 0 Å². The molecule has 0 saturated heterocycles. The summed E-state index contributed by atoms with van der Waals surface area (Å²) in [6.45, 7) is 3.66. The maximum absolute atomic E-state index is 12.2. The SMILES string of the molecule is C=CCc1cccc(/C=N\NC(=O)c2cc(-c3ccccc3)n[nH]2)c1O. The Balaban J connectivity index is 1.68. The number of aromatic hydroxyl groups is 1. The maximum Gasteiger partial charge on any atom is 0.289 e. The third kappa shape index (κ3) is 3.87. The number of carbonyl (C=O) groups is 1. The lowest BCUT2D eigenvalue weighted by Crippen LogP contribution is -2.18. The predicted molar refractivity (Wildman–Crippen MR) is 101 cm³/mol. The largest absolute Gasteiger partial charge is 0.507 e. The van der Waals surface area contributed by atoms with E-state index in [-0.39, 0.29) is 5.75 Å². The molecular formula is C20H18N4O2. The van der Waals surface area contributed by atoms with E-state index < -0.39 is 5.91 Å². The van der Waals surface area contributed by atoms with Gasteiger partial charge in [0, 0.05) is 11.1 Å². The van der Waals surface area contributed by atoms with E-state index in [9.17, 15) is 9.90 Å². The predicted octanol–water partition coefficient (Wildman–Crippen LogP) is 3.27. The molecule has 3 aromatic rings. The number of para-hydroxylation sites is 1. The smallest absolute Gasteiger partial charge is 0.289 e.